The van der Waals surface area contributed by atoms with Gasteiger partial charge in [0.15, 0.2) is 5.78 Å². The highest BCUT2D eigenvalue weighted by Gasteiger charge is 2.61. The molecule has 4 aliphatic rings. The molecule has 4 nitrogen and oxygen atoms in total. The Kier molecular flexibility index (Phi) is 5.14. The van der Waals surface area contributed by atoms with Gasteiger partial charge in [-0.1, -0.05) is 25.5 Å². The molecule has 162 valence electrons. The average molecular weight is 410 g/mol. The van der Waals surface area contributed by atoms with Gasteiger partial charge in [-0.3, -0.25) is 9.78 Å². The minimum atomic E-state index is -0.283. The van der Waals surface area contributed by atoms with Gasteiger partial charge in [0.1, 0.15) is 0 Å². The molecule has 3 fully saturated rings. The van der Waals surface area contributed by atoms with Gasteiger partial charge in [0.2, 0.25) is 0 Å². The molecule has 0 radical (unpaired) electrons. The van der Waals surface area contributed by atoms with Crippen molar-refractivity contribution in [3.8, 4) is 0 Å². The second kappa shape index (κ2) is 7.56. The van der Waals surface area contributed by atoms with Crippen LogP contribution in [0.25, 0.3) is 0 Å². The molecular formula is C26H35NO3. The van der Waals surface area contributed by atoms with Gasteiger partial charge < -0.3 is 9.84 Å². The number of ketones is 1. The second-order valence-corrected chi connectivity index (χ2v) is 10.8. The maximum absolute atomic E-state index is 12.0. The first-order valence-electron chi connectivity index (χ1n) is 11.8. The number of aliphatic hydroxyl groups is 1. The average Bonchev–Trinajstić information content (AvgIpc) is 3.05. The third-order valence-electron chi connectivity index (χ3n) is 9.38. The lowest BCUT2D eigenvalue weighted by Crippen LogP contribution is -2.56. The van der Waals surface area contributed by atoms with E-state index in [-0.39, 0.29) is 22.7 Å². The minimum absolute atomic E-state index is 0.00510. The summed E-state index contributed by atoms with van der Waals surface area (Å²) in [6.07, 6.45) is 10.5. The van der Waals surface area contributed by atoms with Crippen LogP contribution in [0.3, 0.4) is 0 Å². The Hall–Kier alpha value is -1.52. The highest BCUT2D eigenvalue weighted by Crippen LogP contribution is 2.66. The predicted octanol–water partition coefficient (Wildman–Crippen LogP) is 4.72. The number of nitrogens with zero attached hydrogens (tertiary/aromatic N) is 1. The van der Waals surface area contributed by atoms with Crippen molar-refractivity contribution in [2.24, 2.45) is 34.5 Å². The van der Waals surface area contributed by atoms with E-state index in [0.29, 0.717) is 36.7 Å². The molecule has 0 spiro atoms. The lowest BCUT2D eigenvalue weighted by Gasteiger charge is -2.59. The topological polar surface area (TPSA) is 59.4 Å². The standard InChI is InChI=1S/C26H35NO3/c1-25-11-10-20(28)13-17(25)6-8-21-22-9-7-18(26(22,2)14-23(29)24(21)25)15-30-16-19-5-3-4-12-27-19/h3-5,12-13,18,21-24,29H,6-11,14-16H2,1-2H3/t18?,21?,22?,23-,24?,25?,26?/m0/s1. The zero-order chi connectivity index (χ0) is 20.9. The summed E-state index contributed by atoms with van der Waals surface area (Å²) in [5.41, 5.74) is 2.45. The third-order valence-corrected chi connectivity index (χ3v) is 9.38. The van der Waals surface area contributed by atoms with Gasteiger partial charge >= 0.3 is 0 Å². The van der Waals surface area contributed by atoms with Crippen LogP contribution < -0.4 is 0 Å². The van der Waals surface area contributed by atoms with Crippen molar-refractivity contribution in [1.29, 1.82) is 0 Å². The summed E-state index contributed by atoms with van der Waals surface area (Å²) >= 11 is 0. The molecule has 0 saturated heterocycles. The van der Waals surface area contributed by atoms with Crippen LogP contribution in [0.15, 0.2) is 36.0 Å². The summed E-state index contributed by atoms with van der Waals surface area (Å²) < 4.78 is 6.12. The summed E-state index contributed by atoms with van der Waals surface area (Å²) in [5.74, 6) is 2.30. The van der Waals surface area contributed by atoms with E-state index in [1.807, 2.05) is 30.5 Å². The number of carbonyl (C=O) groups is 1. The van der Waals surface area contributed by atoms with E-state index in [4.69, 9.17) is 4.74 Å². The molecule has 7 atom stereocenters. The molecular weight excluding hydrogens is 374 g/mol. The predicted molar refractivity (Wildman–Crippen MR) is 115 cm³/mol. The van der Waals surface area contributed by atoms with Crippen molar-refractivity contribution in [3.63, 3.8) is 0 Å². The monoisotopic (exact) mass is 409 g/mol. The number of rotatable bonds is 4. The number of hydrogen-bond acceptors (Lipinski definition) is 4. The van der Waals surface area contributed by atoms with Gasteiger partial charge in [0.25, 0.3) is 0 Å². The zero-order valence-electron chi connectivity index (χ0n) is 18.3. The van der Waals surface area contributed by atoms with Crippen molar-refractivity contribution in [2.75, 3.05) is 6.61 Å². The quantitative estimate of drug-likeness (QED) is 0.782. The van der Waals surface area contributed by atoms with E-state index in [1.54, 1.807) is 0 Å². The van der Waals surface area contributed by atoms with Crippen LogP contribution in [0.2, 0.25) is 0 Å². The van der Waals surface area contributed by atoms with Gasteiger partial charge in [-0.25, -0.2) is 0 Å². The summed E-state index contributed by atoms with van der Waals surface area (Å²) in [6, 6.07) is 5.94. The number of carbonyl (C=O) groups excluding carboxylic acids is 1. The molecule has 4 heteroatoms. The van der Waals surface area contributed by atoms with Gasteiger partial charge in [0, 0.05) is 12.6 Å². The van der Waals surface area contributed by atoms with Gasteiger partial charge in [-0.2, -0.15) is 0 Å². The number of hydrogen-bond donors (Lipinski definition) is 1. The Labute approximate surface area is 180 Å². The largest absolute Gasteiger partial charge is 0.393 e. The van der Waals surface area contributed by atoms with E-state index in [1.165, 1.54) is 18.4 Å². The van der Waals surface area contributed by atoms with Crippen LogP contribution in [0, 0.1) is 34.5 Å². The molecule has 0 amide bonds. The van der Waals surface area contributed by atoms with Crippen LogP contribution in [0.5, 0.6) is 0 Å². The molecule has 1 aromatic rings. The van der Waals surface area contributed by atoms with Crippen molar-refractivity contribution in [3.05, 3.63) is 41.7 Å². The molecule has 3 saturated carbocycles. The summed E-state index contributed by atoms with van der Waals surface area (Å²) in [7, 11) is 0. The SMILES string of the molecule is CC12CCC(=O)C=C1CCC1C2[C@@H](O)CC2(C)C(COCc3ccccn3)CCC12. The lowest BCUT2D eigenvalue weighted by atomic mass is 9.46. The molecule has 0 bridgehead atoms. The minimum Gasteiger partial charge on any atom is -0.393 e. The van der Waals surface area contributed by atoms with E-state index in [9.17, 15) is 9.90 Å². The highest BCUT2D eigenvalue weighted by atomic mass is 16.5. The van der Waals surface area contributed by atoms with Crippen LogP contribution in [-0.4, -0.2) is 28.6 Å². The summed E-state index contributed by atoms with van der Waals surface area (Å²) in [6.45, 7) is 6.06. The van der Waals surface area contributed by atoms with E-state index < -0.39 is 0 Å². The smallest absolute Gasteiger partial charge is 0.155 e. The molecule has 30 heavy (non-hydrogen) atoms. The molecule has 1 N–H and O–H groups in total. The van der Waals surface area contributed by atoms with Crippen molar-refractivity contribution >= 4 is 5.78 Å². The van der Waals surface area contributed by atoms with Crippen molar-refractivity contribution < 1.29 is 14.6 Å². The first-order chi connectivity index (χ1) is 14.4. The third kappa shape index (κ3) is 3.18. The van der Waals surface area contributed by atoms with Crippen LogP contribution in [-0.2, 0) is 16.1 Å². The fourth-order valence-electron chi connectivity index (χ4n) is 7.85. The highest BCUT2D eigenvalue weighted by molar-refractivity contribution is 5.91. The fraction of sp³-hybridized carbons (Fsp3) is 0.692. The van der Waals surface area contributed by atoms with Crippen molar-refractivity contribution in [2.45, 2.75) is 71.5 Å². The molecule has 0 aliphatic heterocycles. The Balaban J connectivity index is 1.32. The normalized spacial score (nSPS) is 42.8. The summed E-state index contributed by atoms with van der Waals surface area (Å²) in [4.78, 5) is 16.4. The molecule has 4 aliphatic carbocycles. The molecule has 1 heterocycles. The number of fused-ring (bicyclic) bond motifs is 5. The molecule has 0 aromatic carbocycles. The van der Waals surface area contributed by atoms with Crippen molar-refractivity contribution in [1.82, 2.24) is 4.98 Å². The summed E-state index contributed by atoms with van der Waals surface area (Å²) in [5, 5.41) is 11.4. The van der Waals surface area contributed by atoms with Crippen LogP contribution >= 0.6 is 0 Å². The second-order valence-electron chi connectivity index (χ2n) is 10.8. The molecule has 6 unspecified atom stereocenters. The number of allylic oxidation sites excluding steroid dienone is 1. The van der Waals surface area contributed by atoms with E-state index in [0.717, 1.165) is 38.0 Å². The van der Waals surface area contributed by atoms with Gasteiger partial charge in [0.05, 0.1) is 25.0 Å². The zero-order valence-corrected chi connectivity index (χ0v) is 18.3. The number of pyridine rings is 1. The Morgan fingerprint density at radius 2 is 2.07 bits per heavy atom. The van der Waals surface area contributed by atoms with Gasteiger partial charge in [-0.15, -0.1) is 0 Å². The molecule has 1 aromatic heterocycles. The van der Waals surface area contributed by atoms with E-state index >= 15 is 0 Å². The number of aliphatic hydroxyl groups excluding tert-OH is 1. The lowest BCUT2D eigenvalue weighted by molar-refractivity contribution is -0.137. The number of aromatic nitrogens is 1. The Bertz CT molecular complexity index is 836. The van der Waals surface area contributed by atoms with Crippen LogP contribution in [0.1, 0.15) is 64.5 Å². The Morgan fingerprint density at radius 3 is 2.87 bits per heavy atom. The first kappa shape index (κ1) is 20.4. The maximum atomic E-state index is 12.0. The van der Waals surface area contributed by atoms with E-state index in [2.05, 4.69) is 18.8 Å². The maximum Gasteiger partial charge on any atom is 0.155 e. The van der Waals surface area contributed by atoms with Crippen LogP contribution in [0.4, 0.5) is 0 Å². The number of ether oxygens (including phenoxy) is 1. The molecule has 5 rings (SSSR count). The first-order valence-corrected chi connectivity index (χ1v) is 11.8. The fourth-order valence-corrected chi connectivity index (χ4v) is 7.85. The Morgan fingerprint density at radius 1 is 1.20 bits per heavy atom. The van der Waals surface area contributed by atoms with Gasteiger partial charge in [-0.05, 0) is 91.2 Å².